The molecule has 0 saturated carbocycles. The molecule has 80 valence electrons. The van der Waals surface area contributed by atoms with Gasteiger partial charge in [0.05, 0.1) is 0 Å². The minimum atomic E-state index is -2.51. The van der Waals surface area contributed by atoms with Crippen LogP contribution in [-0.4, -0.2) is 4.89 Å². The summed E-state index contributed by atoms with van der Waals surface area (Å²) < 4.78 is 14.9. The summed E-state index contributed by atoms with van der Waals surface area (Å²) in [5.41, 5.74) is 2.05. The molecule has 0 fully saturated rings. The second-order valence-electron chi connectivity index (χ2n) is 3.28. The van der Waals surface area contributed by atoms with Gasteiger partial charge in [0, 0.05) is 4.57 Å². The van der Waals surface area contributed by atoms with Crippen molar-refractivity contribution in [3.8, 4) is 0 Å². The van der Waals surface area contributed by atoms with E-state index in [1.807, 2.05) is 30.3 Å². The van der Waals surface area contributed by atoms with Crippen LogP contribution < -0.4 is 0 Å². The van der Waals surface area contributed by atoms with Crippen molar-refractivity contribution >= 4 is 8.25 Å². The van der Waals surface area contributed by atoms with Crippen molar-refractivity contribution in [3.63, 3.8) is 0 Å². The van der Waals surface area contributed by atoms with Crippen molar-refractivity contribution in [2.75, 3.05) is 0 Å². The maximum atomic E-state index is 10.3. The van der Waals surface area contributed by atoms with Crippen molar-refractivity contribution in [3.05, 3.63) is 48.0 Å². The quantitative estimate of drug-likeness (QED) is 0.618. The van der Waals surface area contributed by atoms with Crippen LogP contribution in [-0.2, 0) is 15.7 Å². The Kier molecular flexibility index (Phi) is 4.63. The highest BCUT2D eigenvalue weighted by Crippen LogP contribution is 2.20. The lowest BCUT2D eigenvalue weighted by Gasteiger charge is -2.06. The van der Waals surface area contributed by atoms with Gasteiger partial charge in [-0.15, -0.1) is 16.0 Å². The van der Waals surface area contributed by atoms with Crippen LogP contribution in [0.25, 0.3) is 0 Å². The summed E-state index contributed by atoms with van der Waals surface area (Å²) in [4.78, 5) is 8.47. The first-order valence-electron chi connectivity index (χ1n) is 4.64. The smallest absolute Gasteiger partial charge is 0.133 e. The van der Waals surface area contributed by atoms with E-state index in [-0.39, 0.29) is 6.61 Å². The highest BCUT2D eigenvalue weighted by atomic mass is 31.1. The molecule has 0 aliphatic heterocycles. The summed E-state index contributed by atoms with van der Waals surface area (Å²) in [5.74, 6) is 0.314. The van der Waals surface area contributed by atoms with E-state index in [2.05, 4.69) is 18.0 Å². The van der Waals surface area contributed by atoms with Crippen molar-refractivity contribution < 1.29 is 14.0 Å². The van der Waals surface area contributed by atoms with Gasteiger partial charge < -0.3 is 0 Å². The van der Waals surface area contributed by atoms with Crippen LogP contribution in [0.4, 0.5) is 0 Å². The molecule has 4 heteroatoms. The fourth-order valence-corrected chi connectivity index (χ4v) is 1.44. The van der Waals surface area contributed by atoms with Crippen LogP contribution in [0.5, 0.6) is 0 Å². The molecule has 0 amide bonds. The molecule has 2 atom stereocenters. The first-order valence-corrected chi connectivity index (χ1v) is 5.77. The van der Waals surface area contributed by atoms with Gasteiger partial charge in [-0.3, -0.25) is 0 Å². The average Bonchev–Trinajstić information content (AvgIpc) is 2.26. The van der Waals surface area contributed by atoms with E-state index in [1.165, 1.54) is 5.56 Å². The molecule has 0 aromatic heterocycles. The topological polar surface area (TPSA) is 46.5 Å². The van der Waals surface area contributed by atoms with E-state index >= 15 is 0 Å². The third kappa shape index (κ3) is 3.92. The van der Waals surface area contributed by atoms with Gasteiger partial charge in [0.1, 0.15) is 6.61 Å². The number of hydrogen-bond acceptors (Lipinski definition) is 2. The number of rotatable bonds is 5. The summed E-state index contributed by atoms with van der Waals surface area (Å²) >= 11 is 0. The second-order valence-corrected chi connectivity index (χ2v) is 4.01. The maximum absolute atomic E-state index is 10.3. The Balaban J connectivity index is 2.63. The standard InChI is InChI=1S/C11H13O3P/c1-3-9(2)11-6-4-10(5-7-11)8-14-15(12)13/h3-7,9H,1,8H2,2H3/p+1. The molecular formula is C11H14O3P+. The summed E-state index contributed by atoms with van der Waals surface area (Å²) in [7, 11) is -2.51. The van der Waals surface area contributed by atoms with Crippen LogP contribution >= 0.6 is 8.25 Å². The highest BCUT2D eigenvalue weighted by molar-refractivity contribution is 7.32. The predicted octanol–water partition coefficient (Wildman–Crippen LogP) is 3.14. The molecule has 1 N–H and O–H groups in total. The number of benzene rings is 1. The van der Waals surface area contributed by atoms with Gasteiger partial charge in [-0.1, -0.05) is 37.3 Å². The van der Waals surface area contributed by atoms with E-state index in [9.17, 15) is 4.57 Å². The molecule has 0 aliphatic carbocycles. The molecule has 0 spiro atoms. The normalized spacial score (nSPS) is 13.3. The fourth-order valence-electron chi connectivity index (χ4n) is 1.18. The van der Waals surface area contributed by atoms with Gasteiger partial charge in [0.2, 0.25) is 0 Å². The minimum Gasteiger partial charge on any atom is -0.133 e. The Morgan fingerprint density at radius 2 is 2.13 bits per heavy atom. The molecule has 1 aromatic carbocycles. The molecule has 1 aromatic rings. The van der Waals surface area contributed by atoms with E-state index in [4.69, 9.17) is 4.89 Å². The Morgan fingerprint density at radius 3 is 2.60 bits per heavy atom. The molecular weight excluding hydrogens is 211 g/mol. The summed E-state index contributed by atoms with van der Waals surface area (Å²) in [6.07, 6.45) is 1.87. The van der Waals surface area contributed by atoms with Crippen molar-refractivity contribution in [2.24, 2.45) is 0 Å². The molecule has 1 rings (SSSR count). The zero-order valence-corrected chi connectivity index (χ0v) is 9.48. The molecule has 0 radical (unpaired) electrons. The van der Waals surface area contributed by atoms with Crippen molar-refractivity contribution in [2.45, 2.75) is 19.4 Å². The largest absolute Gasteiger partial charge is 0.695 e. The lowest BCUT2D eigenvalue weighted by atomic mass is 10.0. The van der Waals surface area contributed by atoms with Gasteiger partial charge in [-0.05, 0) is 17.0 Å². The first-order chi connectivity index (χ1) is 7.13. The summed E-state index contributed by atoms with van der Waals surface area (Å²) in [6, 6.07) is 7.70. The van der Waals surface area contributed by atoms with E-state index in [0.29, 0.717) is 5.92 Å². The number of hydrogen-bond donors (Lipinski definition) is 1. The Hall–Kier alpha value is -1.02. The van der Waals surface area contributed by atoms with Gasteiger partial charge in [-0.2, -0.15) is 0 Å². The van der Waals surface area contributed by atoms with Crippen molar-refractivity contribution in [1.29, 1.82) is 0 Å². The number of allylic oxidation sites excluding steroid dienone is 1. The molecule has 0 bridgehead atoms. The minimum absolute atomic E-state index is 0.161. The summed E-state index contributed by atoms with van der Waals surface area (Å²) in [6.45, 7) is 5.94. The molecule has 3 nitrogen and oxygen atoms in total. The third-order valence-corrected chi connectivity index (χ3v) is 2.55. The fraction of sp³-hybridized carbons (Fsp3) is 0.273. The van der Waals surface area contributed by atoms with Crippen LogP contribution in [0.15, 0.2) is 36.9 Å². The average molecular weight is 225 g/mol. The highest BCUT2D eigenvalue weighted by Gasteiger charge is 2.11. The lowest BCUT2D eigenvalue weighted by Crippen LogP contribution is -1.90. The molecule has 15 heavy (non-hydrogen) atoms. The van der Waals surface area contributed by atoms with E-state index in [0.717, 1.165) is 5.56 Å². The zero-order valence-electron chi connectivity index (χ0n) is 8.59. The van der Waals surface area contributed by atoms with Crippen LogP contribution in [0, 0.1) is 0 Å². The molecule has 0 saturated heterocycles. The van der Waals surface area contributed by atoms with Crippen molar-refractivity contribution in [1.82, 2.24) is 0 Å². The maximum Gasteiger partial charge on any atom is 0.695 e. The molecule has 2 unspecified atom stereocenters. The molecule has 0 aliphatic rings. The SMILES string of the molecule is C=CC(C)c1ccc(CO[P+](=O)O)cc1. The van der Waals surface area contributed by atoms with E-state index < -0.39 is 8.25 Å². The van der Waals surface area contributed by atoms with Crippen LogP contribution in [0.1, 0.15) is 24.0 Å². The Bertz CT molecular complexity index is 345. The lowest BCUT2D eigenvalue weighted by molar-refractivity contribution is 0.272. The van der Waals surface area contributed by atoms with E-state index in [1.54, 1.807) is 0 Å². The zero-order chi connectivity index (χ0) is 11.3. The van der Waals surface area contributed by atoms with Crippen LogP contribution in [0.2, 0.25) is 0 Å². The Labute approximate surface area is 90.4 Å². The first kappa shape index (κ1) is 12.1. The van der Waals surface area contributed by atoms with Gasteiger partial charge >= 0.3 is 8.25 Å². The van der Waals surface area contributed by atoms with Gasteiger partial charge in [0.25, 0.3) is 0 Å². The van der Waals surface area contributed by atoms with Gasteiger partial charge in [-0.25, -0.2) is 0 Å². The summed E-state index contributed by atoms with van der Waals surface area (Å²) in [5, 5.41) is 0. The molecule has 0 heterocycles. The third-order valence-electron chi connectivity index (χ3n) is 2.20. The predicted molar refractivity (Wildman–Crippen MR) is 59.7 cm³/mol. The monoisotopic (exact) mass is 225 g/mol. The van der Waals surface area contributed by atoms with Gasteiger partial charge in [0.15, 0.2) is 0 Å². The Morgan fingerprint density at radius 1 is 1.53 bits per heavy atom. The van der Waals surface area contributed by atoms with Crippen LogP contribution in [0.3, 0.4) is 0 Å². The second kappa shape index (κ2) is 5.76.